The number of nitrogens with one attached hydrogen (secondary N) is 2. The van der Waals surface area contributed by atoms with E-state index in [0.717, 1.165) is 12.0 Å². The van der Waals surface area contributed by atoms with Crippen LogP contribution in [0.3, 0.4) is 0 Å². The summed E-state index contributed by atoms with van der Waals surface area (Å²) in [5, 5.41) is 3.16. The molecule has 6 heteroatoms. The van der Waals surface area contributed by atoms with Crippen molar-refractivity contribution in [2.75, 3.05) is 0 Å². The lowest BCUT2D eigenvalue weighted by Crippen LogP contribution is -2.28. The van der Waals surface area contributed by atoms with Crippen molar-refractivity contribution >= 4 is 10.0 Å². The molecule has 0 bridgehead atoms. The summed E-state index contributed by atoms with van der Waals surface area (Å²) >= 11 is 0. The first-order valence-corrected chi connectivity index (χ1v) is 8.32. The quantitative estimate of drug-likeness (QED) is 0.845. The Morgan fingerprint density at radius 3 is 2.55 bits per heavy atom. The van der Waals surface area contributed by atoms with Crippen LogP contribution in [-0.4, -0.2) is 20.5 Å². The third-order valence-electron chi connectivity index (χ3n) is 3.42. The van der Waals surface area contributed by atoms with E-state index in [-0.39, 0.29) is 10.9 Å². The Kier molecular flexibility index (Phi) is 4.46. The summed E-state index contributed by atoms with van der Waals surface area (Å²) < 4.78 is 40.6. The van der Waals surface area contributed by atoms with Crippen LogP contribution in [-0.2, 0) is 16.6 Å². The zero-order valence-corrected chi connectivity index (χ0v) is 12.8. The largest absolute Gasteiger partial charge is 0.310 e. The van der Waals surface area contributed by atoms with Gasteiger partial charge in [0, 0.05) is 18.6 Å². The molecule has 0 saturated heterocycles. The third-order valence-corrected chi connectivity index (χ3v) is 4.94. The first-order valence-electron chi connectivity index (χ1n) is 6.83. The predicted octanol–water partition coefficient (Wildman–Crippen LogP) is 2.01. The molecule has 112 valence electrons. The molecule has 1 aromatic rings. The second-order valence-electron chi connectivity index (χ2n) is 5.74. The van der Waals surface area contributed by atoms with E-state index in [0.29, 0.717) is 18.5 Å². The number of benzene rings is 1. The van der Waals surface area contributed by atoms with E-state index >= 15 is 0 Å². The van der Waals surface area contributed by atoms with Gasteiger partial charge < -0.3 is 5.32 Å². The fourth-order valence-electron chi connectivity index (χ4n) is 1.94. The van der Waals surface area contributed by atoms with Gasteiger partial charge in [-0.3, -0.25) is 0 Å². The number of rotatable bonds is 6. The van der Waals surface area contributed by atoms with E-state index in [2.05, 4.69) is 10.0 Å². The molecule has 4 nitrogen and oxygen atoms in total. The van der Waals surface area contributed by atoms with Crippen LogP contribution in [0.5, 0.6) is 0 Å². The average molecular weight is 300 g/mol. The summed E-state index contributed by atoms with van der Waals surface area (Å²) in [6, 6.07) is 4.49. The Hall–Kier alpha value is -0.980. The highest BCUT2D eigenvalue weighted by Gasteiger charge is 2.37. The standard InChI is InChI=1S/C14H21FN2O2S/c1-9(2)16-8-11-4-5-14(12(15)7-11)20(18,19)17-13-6-10(13)3/h4-5,7,9-10,13,16-17H,6,8H2,1-3H3. The van der Waals surface area contributed by atoms with Crippen molar-refractivity contribution in [1.29, 1.82) is 0 Å². The second-order valence-corrected chi connectivity index (χ2v) is 7.42. The number of sulfonamides is 1. The molecular weight excluding hydrogens is 279 g/mol. The maximum Gasteiger partial charge on any atom is 0.243 e. The minimum atomic E-state index is -3.75. The molecule has 0 heterocycles. The fraction of sp³-hybridized carbons (Fsp3) is 0.571. The highest BCUT2D eigenvalue weighted by molar-refractivity contribution is 7.89. The molecule has 1 fully saturated rings. The summed E-state index contributed by atoms with van der Waals surface area (Å²) in [5.74, 6) is -0.365. The minimum Gasteiger partial charge on any atom is -0.310 e. The summed E-state index contributed by atoms with van der Waals surface area (Å²) in [4.78, 5) is -0.273. The van der Waals surface area contributed by atoms with Gasteiger partial charge in [0.15, 0.2) is 0 Å². The fourth-order valence-corrected chi connectivity index (χ4v) is 3.36. The molecule has 20 heavy (non-hydrogen) atoms. The van der Waals surface area contributed by atoms with Gasteiger partial charge in [0.05, 0.1) is 0 Å². The lowest BCUT2D eigenvalue weighted by Gasteiger charge is -2.10. The normalized spacial score (nSPS) is 22.2. The van der Waals surface area contributed by atoms with E-state index in [1.807, 2.05) is 20.8 Å². The SMILES string of the molecule is CC(C)NCc1ccc(S(=O)(=O)NC2CC2C)c(F)c1. The molecule has 1 aliphatic rings. The van der Waals surface area contributed by atoms with Crippen LogP contribution in [0.1, 0.15) is 32.8 Å². The predicted molar refractivity (Wildman–Crippen MR) is 76.3 cm³/mol. The van der Waals surface area contributed by atoms with E-state index < -0.39 is 15.8 Å². The van der Waals surface area contributed by atoms with Crippen molar-refractivity contribution in [2.45, 2.75) is 50.7 Å². The zero-order chi connectivity index (χ0) is 14.9. The van der Waals surface area contributed by atoms with Crippen LogP contribution in [0.4, 0.5) is 4.39 Å². The number of hydrogen-bond acceptors (Lipinski definition) is 3. The molecule has 2 rings (SSSR count). The van der Waals surface area contributed by atoms with Crippen LogP contribution >= 0.6 is 0 Å². The highest BCUT2D eigenvalue weighted by atomic mass is 32.2. The lowest BCUT2D eigenvalue weighted by atomic mass is 10.2. The maximum absolute atomic E-state index is 14.0. The topological polar surface area (TPSA) is 58.2 Å². The van der Waals surface area contributed by atoms with Gasteiger partial charge in [-0.2, -0.15) is 0 Å². The summed E-state index contributed by atoms with van der Waals surface area (Å²) in [7, 11) is -3.75. The minimum absolute atomic E-state index is 0.0540. The summed E-state index contributed by atoms with van der Waals surface area (Å²) in [6.07, 6.45) is 0.817. The van der Waals surface area contributed by atoms with Crippen molar-refractivity contribution in [3.63, 3.8) is 0 Å². The van der Waals surface area contributed by atoms with Crippen LogP contribution in [0.25, 0.3) is 0 Å². The molecular formula is C14H21FN2O2S. The van der Waals surface area contributed by atoms with Crippen LogP contribution < -0.4 is 10.0 Å². The van der Waals surface area contributed by atoms with Crippen molar-refractivity contribution in [2.24, 2.45) is 5.92 Å². The molecule has 0 aliphatic heterocycles. The van der Waals surface area contributed by atoms with Gasteiger partial charge in [-0.05, 0) is 30.0 Å². The van der Waals surface area contributed by atoms with Crippen LogP contribution in [0.2, 0.25) is 0 Å². The third kappa shape index (κ3) is 3.77. The summed E-state index contributed by atoms with van der Waals surface area (Å²) in [5.41, 5.74) is 0.731. The first kappa shape index (κ1) is 15.4. The molecule has 0 amide bonds. The molecule has 1 saturated carbocycles. The van der Waals surface area contributed by atoms with Gasteiger partial charge in [-0.1, -0.05) is 26.8 Å². The Morgan fingerprint density at radius 2 is 2.05 bits per heavy atom. The number of hydrogen-bond donors (Lipinski definition) is 2. The Labute approximate surface area is 119 Å². The van der Waals surface area contributed by atoms with E-state index in [1.165, 1.54) is 12.1 Å². The Balaban J connectivity index is 2.12. The molecule has 0 aromatic heterocycles. The van der Waals surface area contributed by atoms with E-state index in [1.54, 1.807) is 6.07 Å². The molecule has 0 spiro atoms. The van der Waals surface area contributed by atoms with Crippen molar-refractivity contribution in [3.05, 3.63) is 29.6 Å². The first-order chi connectivity index (χ1) is 9.29. The molecule has 1 aliphatic carbocycles. The second kappa shape index (κ2) is 5.79. The number of halogens is 1. The molecule has 1 aromatic carbocycles. The van der Waals surface area contributed by atoms with Crippen molar-refractivity contribution in [1.82, 2.24) is 10.0 Å². The van der Waals surface area contributed by atoms with Crippen molar-refractivity contribution in [3.8, 4) is 0 Å². The smallest absolute Gasteiger partial charge is 0.243 e. The Bertz CT molecular complexity index is 587. The van der Waals surface area contributed by atoms with Gasteiger partial charge in [-0.25, -0.2) is 17.5 Å². The van der Waals surface area contributed by atoms with Gasteiger partial charge in [0.2, 0.25) is 10.0 Å². The summed E-state index contributed by atoms with van der Waals surface area (Å²) in [6.45, 7) is 6.47. The van der Waals surface area contributed by atoms with Crippen LogP contribution in [0.15, 0.2) is 23.1 Å². The van der Waals surface area contributed by atoms with Gasteiger partial charge in [-0.15, -0.1) is 0 Å². The van der Waals surface area contributed by atoms with Gasteiger partial charge in [0.25, 0.3) is 0 Å². The maximum atomic E-state index is 14.0. The molecule has 2 unspecified atom stereocenters. The van der Waals surface area contributed by atoms with Crippen LogP contribution in [0, 0.1) is 11.7 Å². The highest BCUT2D eigenvalue weighted by Crippen LogP contribution is 2.31. The average Bonchev–Trinajstić information content (AvgIpc) is 3.00. The van der Waals surface area contributed by atoms with Gasteiger partial charge >= 0.3 is 0 Å². The lowest BCUT2D eigenvalue weighted by molar-refractivity contribution is 0.549. The van der Waals surface area contributed by atoms with Crippen molar-refractivity contribution < 1.29 is 12.8 Å². The van der Waals surface area contributed by atoms with E-state index in [4.69, 9.17) is 0 Å². The molecule has 2 atom stereocenters. The monoisotopic (exact) mass is 300 g/mol. The zero-order valence-electron chi connectivity index (χ0n) is 12.0. The molecule has 0 radical (unpaired) electrons. The van der Waals surface area contributed by atoms with Gasteiger partial charge in [0.1, 0.15) is 10.7 Å². The van der Waals surface area contributed by atoms with E-state index in [9.17, 15) is 12.8 Å². The molecule has 2 N–H and O–H groups in total. The Morgan fingerprint density at radius 1 is 1.40 bits per heavy atom.